The molecule has 2 heterocycles. The van der Waals surface area contributed by atoms with Crippen molar-refractivity contribution in [1.82, 2.24) is 15.2 Å². The molecule has 0 bridgehead atoms. The molecule has 216 valence electrons. The first kappa shape index (κ1) is 30.5. The van der Waals surface area contributed by atoms with E-state index in [1.54, 1.807) is 18.3 Å². The Morgan fingerprint density at radius 1 is 1.15 bits per heavy atom. The zero-order valence-corrected chi connectivity index (χ0v) is 24.3. The van der Waals surface area contributed by atoms with E-state index in [4.69, 9.17) is 14.6 Å². The zero-order valence-electron chi connectivity index (χ0n) is 24.3. The minimum Gasteiger partial charge on any atom is -0.490 e. The summed E-state index contributed by atoms with van der Waals surface area (Å²) in [4.78, 5) is 29.5. The van der Waals surface area contributed by atoms with Gasteiger partial charge in [0.2, 0.25) is 0 Å². The third-order valence-electron chi connectivity index (χ3n) is 6.52. The lowest BCUT2D eigenvalue weighted by atomic mass is 9.91. The van der Waals surface area contributed by atoms with E-state index in [0.717, 1.165) is 11.1 Å². The van der Waals surface area contributed by atoms with Crippen LogP contribution >= 0.6 is 0 Å². The summed E-state index contributed by atoms with van der Waals surface area (Å²) in [6.07, 6.45) is 2.39. The first-order chi connectivity index (χ1) is 18.8. The first-order valence-electron chi connectivity index (χ1n) is 13.7. The highest BCUT2D eigenvalue weighted by Crippen LogP contribution is 2.29. The highest BCUT2D eigenvalue weighted by molar-refractivity contribution is 5.70. The topological polar surface area (TPSA) is 137 Å². The molecule has 40 heavy (non-hydrogen) atoms. The van der Waals surface area contributed by atoms with Gasteiger partial charge in [0.15, 0.2) is 0 Å². The molecule has 1 aliphatic rings. The van der Waals surface area contributed by atoms with Crippen molar-refractivity contribution in [3.05, 3.63) is 42.1 Å². The van der Waals surface area contributed by atoms with E-state index < -0.39 is 23.3 Å². The number of ether oxygens (including phenoxy) is 2. The summed E-state index contributed by atoms with van der Waals surface area (Å²) in [6.45, 7) is 12.6. The number of amides is 2. The lowest BCUT2D eigenvalue weighted by Gasteiger charge is -2.33. The van der Waals surface area contributed by atoms with Gasteiger partial charge in [-0.1, -0.05) is 19.9 Å². The minimum atomic E-state index is -0.886. The molecule has 0 saturated carbocycles. The zero-order chi connectivity index (χ0) is 29.5. The summed E-state index contributed by atoms with van der Waals surface area (Å²) in [5.74, 6) is 1.42. The Morgan fingerprint density at radius 2 is 1.82 bits per heavy atom. The molecule has 1 saturated heterocycles. The van der Waals surface area contributed by atoms with Crippen LogP contribution in [0.4, 0.5) is 15.4 Å². The summed E-state index contributed by atoms with van der Waals surface area (Å²) < 4.78 is 11.6. The van der Waals surface area contributed by atoms with Crippen LogP contribution in [0.2, 0.25) is 0 Å². The van der Waals surface area contributed by atoms with Gasteiger partial charge in [0, 0.05) is 25.3 Å². The van der Waals surface area contributed by atoms with E-state index in [-0.39, 0.29) is 12.6 Å². The van der Waals surface area contributed by atoms with E-state index in [1.807, 2.05) is 45.9 Å². The average Bonchev–Trinajstić information content (AvgIpc) is 2.86. The van der Waals surface area contributed by atoms with Gasteiger partial charge in [-0.15, -0.1) is 0 Å². The molecule has 1 atom stereocenters. The Labute approximate surface area is 236 Å². The van der Waals surface area contributed by atoms with Gasteiger partial charge in [0.1, 0.15) is 29.8 Å². The van der Waals surface area contributed by atoms with Gasteiger partial charge in [0.05, 0.1) is 11.1 Å². The Balaban J connectivity index is 1.71. The molecule has 1 aromatic heterocycles. The third-order valence-corrected chi connectivity index (χ3v) is 6.52. The maximum absolute atomic E-state index is 12.5. The van der Waals surface area contributed by atoms with Crippen molar-refractivity contribution in [1.29, 1.82) is 5.26 Å². The van der Waals surface area contributed by atoms with Gasteiger partial charge >= 0.3 is 12.2 Å². The van der Waals surface area contributed by atoms with Gasteiger partial charge in [0.25, 0.3) is 0 Å². The number of carbonyl (C=O) groups excluding carboxylic acids is 1. The molecule has 10 heteroatoms. The summed E-state index contributed by atoms with van der Waals surface area (Å²) in [5.41, 5.74) is 0.794. The lowest BCUT2D eigenvalue weighted by molar-refractivity contribution is 0.0408. The second kappa shape index (κ2) is 12.9. The van der Waals surface area contributed by atoms with E-state index in [9.17, 15) is 14.9 Å². The van der Waals surface area contributed by atoms with Crippen molar-refractivity contribution in [2.45, 2.75) is 78.0 Å². The molecule has 2 amide bonds. The number of hydrogen-bond donors (Lipinski definition) is 3. The number of alkyl carbamates (subject to hydrolysis) is 1. The molecule has 3 rings (SSSR count). The first-order valence-corrected chi connectivity index (χ1v) is 13.7. The number of nitrogens with one attached hydrogen (secondary N) is 2. The van der Waals surface area contributed by atoms with Crippen LogP contribution in [0.15, 0.2) is 36.5 Å². The molecule has 1 aromatic carbocycles. The summed E-state index contributed by atoms with van der Waals surface area (Å²) in [7, 11) is 0. The van der Waals surface area contributed by atoms with Crippen LogP contribution in [0.1, 0.15) is 66.4 Å². The Bertz CT molecular complexity index is 1230. The SMILES string of the molecule is CC(C)CC(C)(COc1ccc(-c2ccnc(NC3CCN(C(=O)O)CC3)c2)cc1C#N)NC(=O)OC(C)(C)C. The molecule has 10 nitrogen and oxygen atoms in total. The van der Waals surface area contributed by atoms with Crippen LogP contribution in [0.5, 0.6) is 5.75 Å². The number of pyridine rings is 1. The molecule has 2 aromatic rings. The largest absolute Gasteiger partial charge is 0.490 e. The van der Waals surface area contributed by atoms with Crippen molar-refractivity contribution < 1.29 is 24.2 Å². The van der Waals surface area contributed by atoms with Crippen molar-refractivity contribution in [3.8, 4) is 22.9 Å². The number of anilines is 1. The lowest BCUT2D eigenvalue weighted by Crippen LogP contribution is -2.52. The second-order valence-corrected chi connectivity index (χ2v) is 12.0. The minimum absolute atomic E-state index is 0.137. The quantitative estimate of drug-likeness (QED) is 0.351. The molecule has 3 N–H and O–H groups in total. The fraction of sp³-hybridized carbons (Fsp3) is 0.533. The summed E-state index contributed by atoms with van der Waals surface area (Å²) in [5, 5.41) is 25.4. The maximum Gasteiger partial charge on any atom is 0.408 e. The number of carbonyl (C=O) groups is 2. The van der Waals surface area contributed by atoms with Crippen LogP contribution in [-0.2, 0) is 4.74 Å². The van der Waals surface area contributed by atoms with Crippen molar-refractivity contribution in [2.75, 3.05) is 25.0 Å². The van der Waals surface area contributed by atoms with Crippen LogP contribution in [0.25, 0.3) is 11.1 Å². The van der Waals surface area contributed by atoms with Crippen LogP contribution in [0.3, 0.4) is 0 Å². The van der Waals surface area contributed by atoms with Crippen molar-refractivity contribution in [2.24, 2.45) is 5.92 Å². The van der Waals surface area contributed by atoms with E-state index in [2.05, 4.69) is 35.5 Å². The average molecular weight is 552 g/mol. The summed E-state index contributed by atoms with van der Waals surface area (Å²) >= 11 is 0. The Kier molecular flexibility index (Phi) is 9.85. The monoisotopic (exact) mass is 551 g/mol. The number of hydrogen-bond acceptors (Lipinski definition) is 7. The molecular weight excluding hydrogens is 510 g/mol. The predicted octanol–water partition coefficient (Wildman–Crippen LogP) is 5.88. The van der Waals surface area contributed by atoms with Gasteiger partial charge in [-0.05, 0) is 88.3 Å². The predicted molar refractivity (Wildman–Crippen MR) is 153 cm³/mol. The molecule has 1 aliphatic heterocycles. The molecule has 0 spiro atoms. The molecule has 0 radical (unpaired) electrons. The van der Waals surface area contributed by atoms with Gasteiger partial charge in [-0.2, -0.15) is 5.26 Å². The highest BCUT2D eigenvalue weighted by atomic mass is 16.6. The standard InChI is InChI=1S/C30H41N5O5/c1-20(2)17-30(6,34-27(36)40-29(3,4)5)19-39-25-8-7-21(15-23(25)18-31)22-9-12-32-26(16-22)33-24-10-13-35(14-11-24)28(37)38/h7-9,12,15-16,20,24H,10-11,13-14,17,19H2,1-6H3,(H,32,33)(H,34,36)(H,37,38). The van der Waals surface area contributed by atoms with Crippen molar-refractivity contribution >= 4 is 18.0 Å². The fourth-order valence-corrected chi connectivity index (χ4v) is 4.87. The van der Waals surface area contributed by atoms with Gasteiger partial charge < -0.3 is 30.1 Å². The number of likely N-dealkylation sites (tertiary alicyclic amines) is 1. The number of rotatable bonds is 9. The van der Waals surface area contributed by atoms with Gasteiger partial charge in [-0.3, -0.25) is 0 Å². The summed E-state index contributed by atoms with van der Waals surface area (Å²) in [6, 6.07) is 11.6. The third kappa shape index (κ3) is 9.04. The molecule has 1 fully saturated rings. The number of aromatic nitrogens is 1. The Hall–Kier alpha value is -4.00. The van der Waals surface area contributed by atoms with E-state index >= 15 is 0 Å². The number of piperidine rings is 1. The number of benzene rings is 1. The van der Waals surface area contributed by atoms with Gasteiger partial charge in [-0.25, -0.2) is 14.6 Å². The maximum atomic E-state index is 12.5. The fourth-order valence-electron chi connectivity index (χ4n) is 4.87. The molecular formula is C30H41N5O5. The van der Waals surface area contributed by atoms with Crippen LogP contribution in [-0.4, -0.2) is 64.1 Å². The van der Waals surface area contributed by atoms with E-state index in [0.29, 0.717) is 55.4 Å². The van der Waals surface area contributed by atoms with Crippen LogP contribution in [0, 0.1) is 17.2 Å². The Morgan fingerprint density at radius 3 is 2.42 bits per heavy atom. The number of nitriles is 1. The van der Waals surface area contributed by atoms with E-state index in [1.165, 1.54) is 4.90 Å². The van der Waals surface area contributed by atoms with Crippen molar-refractivity contribution in [3.63, 3.8) is 0 Å². The molecule has 1 unspecified atom stereocenters. The normalized spacial score (nSPS) is 15.6. The number of carboxylic acid groups (broad SMARTS) is 1. The smallest absolute Gasteiger partial charge is 0.408 e. The highest BCUT2D eigenvalue weighted by Gasteiger charge is 2.31. The number of nitrogens with zero attached hydrogens (tertiary/aromatic N) is 3. The van der Waals surface area contributed by atoms with Crippen LogP contribution < -0.4 is 15.4 Å². The molecule has 0 aliphatic carbocycles. The second-order valence-electron chi connectivity index (χ2n) is 12.0.